The standard InChI is InChI=1S/C21H27N3O6/c1-2-30-21(29)16(9-8-14-6-4-3-5-7-14)22-15-10-11-18(25)23-13-12-17(20(27)28)24(23)19(15)26/h3-7,15-17,22H,2,8-13H2,1H3,(H,27,28)/t15-,16+,17-/m0/s1. The van der Waals surface area contributed by atoms with Crippen molar-refractivity contribution < 1.29 is 29.0 Å². The smallest absolute Gasteiger partial charge is 0.328 e. The second-order valence-corrected chi connectivity index (χ2v) is 7.43. The summed E-state index contributed by atoms with van der Waals surface area (Å²) in [6.45, 7) is 2.12. The molecule has 2 fully saturated rings. The van der Waals surface area contributed by atoms with E-state index in [1.165, 1.54) is 5.01 Å². The van der Waals surface area contributed by atoms with Crippen molar-refractivity contribution >= 4 is 23.8 Å². The number of hydrazine groups is 1. The number of aliphatic carboxylic acids is 1. The van der Waals surface area contributed by atoms with Crippen LogP contribution in [0.1, 0.15) is 38.2 Å². The van der Waals surface area contributed by atoms with Gasteiger partial charge in [0.05, 0.1) is 12.6 Å². The number of amides is 2. The van der Waals surface area contributed by atoms with Crippen molar-refractivity contribution in [1.29, 1.82) is 0 Å². The van der Waals surface area contributed by atoms with Gasteiger partial charge in [-0.1, -0.05) is 30.3 Å². The molecule has 9 heteroatoms. The number of rotatable bonds is 8. The number of ether oxygens (including phenoxy) is 1. The molecule has 1 aromatic rings. The van der Waals surface area contributed by atoms with E-state index >= 15 is 0 Å². The fraction of sp³-hybridized carbons (Fsp3) is 0.524. The van der Waals surface area contributed by atoms with Crippen LogP contribution >= 0.6 is 0 Å². The van der Waals surface area contributed by atoms with E-state index in [4.69, 9.17) is 4.74 Å². The van der Waals surface area contributed by atoms with Crippen LogP contribution in [0.2, 0.25) is 0 Å². The Morgan fingerprint density at radius 3 is 2.63 bits per heavy atom. The average molecular weight is 417 g/mol. The molecule has 0 radical (unpaired) electrons. The van der Waals surface area contributed by atoms with Gasteiger partial charge in [-0.2, -0.15) is 0 Å². The summed E-state index contributed by atoms with van der Waals surface area (Å²) in [5.74, 6) is -2.40. The Balaban J connectivity index is 1.76. The lowest BCUT2D eigenvalue weighted by Crippen LogP contribution is -2.56. The molecule has 30 heavy (non-hydrogen) atoms. The number of carboxylic acids is 1. The third-order valence-corrected chi connectivity index (χ3v) is 5.45. The predicted molar refractivity (Wildman–Crippen MR) is 106 cm³/mol. The normalized spacial score (nSPS) is 22.4. The first kappa shape index (κ1) is 21.8. The minimum absolute atomic E-state index is 0.0977. The molecule has 2 aliphatic heterocycles. The van der Waals surface area contributed by atoms with Crippen molar-refractivity contribution in [3.05, 3.63) is 35.9 Å². The summed E-state index contributed by atoms with van der Waals surface area (Å²) in [5, 5.41) is 14.8. The van der Waals surface area contributed by atoms with E-state index in [1.54, 1.807) is 6.92 Å². The molecule has 162 valence electrons. The van der Waals surface area contributed by atoms with Gasteiger partial charge in [0.1, 0.15) is 6.04 Å². The van der Waals surface area contributed by atoms with E-state index in [0.29, 0.717) is 12.8 Å². The summed E-state index contributed by atoms with van der Waals surface area (Å²) in [7, 11) is 0. The highest BCUT2D eigenvalue weighted by Gasteiger charge is 2.47. The molecule has 1 aromatic carbocycles. The maximum Gasteiger partial charge on any atom is 0.328 e. The first-order valence-corrected chi connectivity index (χ1v) is 10.2. The van der Waals surface area contributed by atoms with Gasteiger partial charge in [0.15, 0.2) is 6.04 Å². The van der Waals surface area contributed by atoms with Crippen LogP contribution < -0.4 is 5.32 Å². The van der Waals surface area contributed by atoms with E-state index in [1.807, 2.05) is 30.3 Å². The van der Waals surface area contributed by atoms with Gasteiger partial charge in [-0.25, -0.2) is 9.80 Å². The van der Waals surface area contributed by atoms with Crippen LogP contribution in [0.3, 0.4) is 0 Å². The number of hydrogen-bond acceptors (Lipinski definition) is 6. The molecule has 0 aromatic heterocycles. The Hall–Kier alpha value is -2.94. The Morgan fingerprint density at radius 2 is 1.97 bits per heavy atom. The summed E-state index contributed by atoms with van der Waals surface area (Å²) >= 11 is 0. The van der Waals surface area contributed by atoms with Crippen LogP contribution in [0.4, 0.5) is 0 Å². The van der Waals surface area contributed by atoms with Gasteiger partial charge in [0.25, 0.3) is 5.91 Å². The molecule has 9 nitrogen and oxygen atoms in total. The van der Waals surface area contributed by atoms with Gasteiger partial charge >= 0.3 is 11.9 Å². The Morgan fingerprint density at radius 1 is 1.23 bits per heavy atom. The Labute approximate surface area is 174 Å². The molecule has 2 heterocycles. The maximum absolute atomic E-state index is 13.1. The highest BCUT2D eigenvalue weighted by Crippen LogP contribution is 2.26. The van der Waals surface area contributed by atoms with E-state index < -0.39 is 36.0 Å². The summed E-state index contributed by atoms with van der Waals surface area (Å²) in [6, 6.07) is 6.98. The molecule has 3 rings (SSSR count). The number of carbonyl (C=O) groups excluding carboxylic acids is 3. The second kappa shape index (κ2) is 9.71. The van der Waals surface area contributed by atoms with Crippen molar-refractivity contribution in [2.45, 2.75) is 57.2 Å². The van der Waals surface area contributed by atoms with Gasteiger partial charge in [-0.3, -0.25) is 24.7 Å². The number of hydrogen-bond donors (Lipinski definition) is 2. The molecule has 2 saturated heterocycles. The third kappa shape index (κ3) is 4.79. The van der Waals surface area contributed by atoms with Gasteiger partial charge in [-0.05, 0) is 31.7 Å². The molecule has 0 bridgehead atoms. The van der Waals surface area contributed by atoms with Gasteiger partial charge in [-0.15, -0.1) is 0 Å². The number of benzene rings is 1. The minimum Gasteiger partial charge on any atom is -0.480 e. The number of nitrogens with zero attached hydrogens (tertiary/aromatic N) is 2. The van der Waals surface area contributed by atoms with Gasteiger partial charge < -0.3 is 9.84 Å². The third-order valence-electron chi connectivity index (χ3n) is 5.45. The topological polar surface area (TPSA) is 116 Å². The van der Waals surface area contributed by atoms with Gasteiger partial charge in [0.2, 0.25) is 5.91 Å². The number of aryl methyl sites for hydroxylation is 1. The van der Waals surface area contributed by atoms with E-state index in [-0.39, 0.29) is 38.3 Å². The summed E-state index contributed by atoms with van der Waals surface area (Å²) < 4.78 is 5.17. The number of nitrogens with one attached hydrogen (secondary N) is 1. The monoisotopic (exact) mass is 417 g/mol. The molecule has 3 atom stereocenters. The average Bonchev–Trinajstić information content (AvgIpc) is 3.15. The van der Waals surface area contributed by atoms with Crippen LogP contribution in [0, 0.1) is 0 Å². The van der Waals surface area contributed by atoms with E-state index in [2.05, 4.69) is 5.32 Å². The lowest BCUT2D eigenvalue weighted by molar-refractivity contribution is -0.166. The Kier molecular flexibility index (Phi) is 7.04. The molecule has 2 aliphatic rings. The Bertz CT molecular complexity index is 799. The van der Waals surface area contributed by atoms with Crippen LogP contribution in [-0.4, -0.2) is 70.2 Å². The first-order valence-electron chi connectivity index (χ1n) is 10.2. The zero-order valence-electron chi connectivity index (χ0n) is 17.0. The second-order valence-electron chi connectivity index (χ2n) is 7.43. The zero-order valence-corrected chi connectivity index (χ0v) is 17.0. The highest BCUT2D eigenvalue weighted by atomic mass is 16.5. The van der Waals surface area contributed by atoms with E-state index in [9.17, 15) is 24.3 Å². The molecular weight excluding hydrogens is 390 g/mol. The molecule has 2 N–H and O–H groups in total. The number of fused-ring (bicyclic) bond motifs is 1. The number of carboxylic acid groups (broad SMARTS) is 1. The fourth-order valence-electron chi connectivity index (χ4n) is 3.93. The molecule has 0 aliphatic carbocycles. The molecule has 0 spiro atoms. The SMILES string of the molecule is CCOC(=O)[C@@H](CCc1ccccc1)N[C@H]1CCC(=O)N2CC[C@@H](C(=O)O)N2C1=O. The molecule has 0 unspecified atom stereocenters. The van der Waals surface area contributed by atoms with Crippen molar-refractivity contribution in [2.75, 3.05) is 13.2 Å². The zero-order chi connectivity index (χ0) is 21.7. The summed E-state index contributed by atoms with van der Waals surface area (Å²) in [5.41, 5.74) is 1.05. The largest absolute Gasteiger partial charge is 0.480 e. The fourth-order valence-corrected chi connectivity index (χ4v) is 3.93. The number of esters is 1. The van der Waals surface area contributed by atoms with Crippen molar-refractivity contribution in [3.63, 3.8) is 0 Å². The number of carbonyl (C=O) groups is 4. The van der Waals surface area contributed by atoms with Crippen LogP contribution in [0.15, 0.2) is 30.3 Å². The quantitative estimate of drug-likeness (QED) is 0.599. The van der Waals surface area contributed by atoms with Crippen molar-refractivity contribution in [1.82, 2.24) is 15.3 Å². The van der Waals surface area contributed by atoms with Crippen LogP contribution in [0.25, 0.3) is 0 Å². The van der Waals surface area contributed by atoms with Crippen molar-refractivity contribution in [2.24, 2.45) is 0 Å². The minimum atomic E-state index is -1.15. The van der Waals surface area contributed by atoms with Crippen LogP contribution in [-0.2, 0) is 30.3 Å². The van der Waals surface area contributed by atoms with Crippen molar-refractivity contribution in [3.8, 4) is 0 Å². The molecular formula is C21H27N3O6. The lowest BCUT2D eigenvalue weighted by Gasteiger charge is -2.31. The highest BCUT2D eigenvalue weighted by molar-refractivity contribution is 5.92. The first-order chi connectivity index (χ1) is 14.4. The van der Waals surface area contributed by atoms with Gasteiger partial charge in [0, 0.05) is 19.4 Å². The van der Waals surface area contributed by atoms with Crippen LogP contribution in [0.5, 0.6) is 0 Å². The lowest BCUT2D eigenvalue weighted by atomic mass is 10.0. The molecule has 2 amide bonds. The maximum atomic E-state index is 13.1. The van der Waals surface area contributed by atoms with E-state index in [0.717, 1.165) is 10.6 Å². The summed E-state index contributed by atoms with van der Waals surface area (Å²) in [6.07, 6.45) is 1.49. The summed E-state index contributed by atoms with van der Waals surface area (Å²) in [4.78, 5) is 49.6. The molecule has 0 saturated carbocycles. The predicted octanol–water partition coefficient (Wildman–Crippen LogP) is 0.732.